The SMILES string of the molecule is Cc1cc(C(=O)NC(CN)C2CC2)c(C)n1-c1ccccc1.Cl. The van der Waals surface area contributed by atoms with Crippen molar-refractivity contribution >= 4 is 18.3 Å². The molecule has 4 nitrogen and oxygen atoms in total. The van der Waals surface area contributed by atoms with E-state index in [9.17, 15) is 4.79 Å². The van der Waals surface area contributed by atoms with Crippen molar-refractivity contribution in [2.75, 3.05) is 6.54 Å². The highest BCUT2D eigenvalue weighted by molar-refractivity contribution is 5.96. The number of nitrogens with zero attached hydrogens (tertiary/aromatic N) is 1. The summed E-state index contributed by atoms with van der Waals surface area (Å²) in [5.74, 6) is 0.546. The van der Waals surface area contributed by atoms with E-state index < -0.39 is 0 Å². The van der Waals surface area contributed by atoms with Gasteiger partial charge in [-0.15, -0.1) is 12.4 Å². The minimum Gasteiger partial charge on any atom is -0.348 e. The van der Waals surface area contributed by atoms with E-state index in [0.29, 0.717) is 12.5 Å². The summed E-state index contributed by atoms with van der Waals surface area (Å²) in [6.45, 7) is 4.52. The summed E-state index contributed by atoms with van der Waals surface area (Å²) >= 11 is 0. The van der Waals surface area contributed by atoms with E-state index in [2.05, 4.69) is 22.0 Å². The standard InChI is InChI=1S/C18H23N3O.ClH/c1-12-10-16(18(22)20-17(11-19)14-8-9-14)13(2)21(12)15-6-4-3-5-7-15;/h3-7,10,14,17H,8-9,11,19H2,1-2H3,(H,20,22);1H. The smallest absolute Gasteiger partial charge is 0.253 e. The second-order valence-corrected chi connectivity index (χ2v) is 6.11. The third kappa shape index (κ3) is 3.59. The van der Waals surface area contributed by atoms with E-state index in [1.165, 1.54) is 12.8 Å². The molecule has 2 aromatic rings. The third-order valence-electron chi connectivity index (χ3n) is 4.45. The minimum atomic E-state index is -0.0161. The van der Waals surface area contributed by atoms with Crippen molar-refractivity contribution in [2.24, 2.45) is 11.7 Å². The topological polar surface area (TPSA) is 60.1 Å². The summed E-state index contributed by atoms with van der Waals surface area (Å²) in [6.07, 6.45) is 2.34. The number of halogens is 1. The van der Waals surface area contributed by atoms with E-state index in [1.807, 2.05) is 38.1 Å². The fraction of sp³-hybridized carbons (Fsp3) is 0.389. The maximum atomic E-state index is 12.6. The number of aromatic nitrogens is 1. The van der Waals surface area contributed by atoms with E-state index >= 15 is 0 Å². The summed E-state index contributed by atoms with van der Waals surface area (Å²) in [5, 5.41) is 3.10. The molecular weight excluding hydrogens is 310 g/mol. The number of carbonyl (C=O) groups excluding carboxylic acids is 1. The summed E-state index contributed by atoms with van der Waals surface area (Å²) in [4.78, 5) is 12.6. The number of hydrogen-bond acceptors (Lipinski definition) is 2. The molecular formula is C18H24ClN3O. The van der Waals surface area contributed by atoms with Gasteiger partial charge in [0.2, 0.25) is 0 Å². The molecule has 0 bridgehead atoms. The number of para-hydroxylation sites is 1. The van der Waals surface area contributed by atoms with Crippen molar-refractivity contribution in [3.8, 4) is 5.69 Å². The van der Waals surface area contributed by atoms with Crippen LogP contribution in [0.3, 0.4) is 0 Å². The van der Waals surface area contributed by atoms with Crippen molar-refractivity contribution < 1.29 is 4.79 Å². The van der Waals surface area contributed by atoms with Gasteiger partial charge in [-0.1, -0.05) is 18.2 Å². The van der Waals surface area contributed by atoms with Crippen molar-refractivity contribution in [2.45, 2.75) is 32.7 Å². The van der Waals surface area contributed by atoms with Crippen molar-refractivity contribution in [3.05, 3.63) is 53.3 Å². The normalized spacial score (nSPS) is 14.9. The van der Waals surface area contributed by atoms with Gasteiger partial charge in [0, 0.05) is 29.7 Å². The second kappa shape index (κ2) is 7.20. The molecule has 0 spiro atoms. The first kappa shape index (κ1) is 17.6. The van der Waals surface area contributed by atoms with Crippen molar-refractivity contribution in [1.82, 2.24) is 9.88 Å². The molecule has 1 atom stereocenters. The molecule has 1 aliphatic carbocycles. The van der Waals surface area contributed by atoms with Gasteiger partial charge < -0.3 is 15.6 Å². The number of amides is 1. The van der Waals surface area contributed by atoms with Gasteiger partial charge in [0.25, 0.3) is 5.91 Å². The average molecular weight is 334 g/mol. The lowest BCUT2D eigenvalue weighted by molar-refractivity contribution is 0.0933. The van der Waals surface area contributed by atoms with Crippen LogP contribution in [-0.2, 0) is 0 Å². The van der Waals surface area contributed by atoms with Gasteiger partial charge in [-0.25, -0.2) is 0 Å². The lowest BCUT2D eigenvalue weighted by atomic mass is 10.1. The van der Waals surface area contributed by atoms with Crippen LogP contribution in [0.2, 0.25) is 0 Å². The molecule has 1 unspecified atom stereocenters. The Morgan fingerprint density at radius 1 is 1.30 bits per heavy atom. The maximum Gasteiger partial charge on any atom is 0.253 e. The van der Waals surface area contributed by atoms with Gasteiger partial charge in [-0.05, 0) is 50.8 Å². The molecule has 1 aromatic heterocycles. The summed E-state index contributed by atoms with van der Waals surface area (Å²) in [7, 11) is 0. The molecule has 0 saturated heterocycles. The Morgan fingerprint density at radius 3 is 2.52 bits per heavy atom. The number of rotatable bonds is 5. The fourth-order valence-electron chi connectivity index (χ4n) is 3.08. The summed E-state index contributed by atoms with van der Waals surface area (Å²) in [5.41, 5.74) is 9.62. The van der Waals surface area contributed by atoms with E-state index in [1.54, 1.807) is 0 Å². The molecule has 1 saturated carbocycles. The van der Waals surface area contributed by atoms with Gasteiger partial charge in [-0.3, -0.25) is 4.79 Å². The minimum absolute atomic E-state index is 0. The van der Waals surface area contributed by atoms with E-state index in [0.717, 1.165) is 22.6 Å². The van der Waals surface area contributed by atoms with Crippen LogP contribution in [0.15, 0.2) is 36.4 Å². The Hall–Kier alpha value is -1.78. The molecule has 0 radical (unpaired) electrons. The number of nitrogens with two attached hydrogens (primary N) is 1. The number of benzene rings is 1. The third-order valence-corrected chi connectivity index (χ3v) is 4.45. The molecule has 1 heterocycles. The lowest BCUT2D eigenvalue weighted by Gasteiger charge is -2.16. The van der Waals surface area contributed by atoms with Gasteiger partial charge in [0.15, 0.2) is 0 Å². The molecule has 124 valence electrons. The highest BCUT2D eigenvalue weighted by Crippen LogP contribution is 2.32. The number of nitrogens with one attached hydrogen (secondary N) is 1. The van der Waals surface area contributed by atoms with Crippen LogP contribution >= 0.6 is 12.4 Å². The molecule has 23 heavy (non-hydrogen) atoms. The highest BCUT2D eigenvalue weighted by Gasteiger charge is 2.32. The maximum absolute atomic E-state index is 12.6. The van der Waals surface area contributed by atoms with Crippen molar-refractivity contribution in [1.29, 1.82) is 0 Å². The Morgan fingerprint density at radius 2 is 1.96 bits per heavy atom. The largest absolute Gasteiger partial charge is 0.348 e. The molecule has 1 fully saturated rings. The molecule has 1 aromatic carbocycles. The first-order chi connectivity index (χ1) is 10.6. The zero-order valence-corrected chi connectivity index (χ0v) is 14.4. The Labute approximate surface area is 143 Å². The van der Waals surface area contributed by atoms with Crippen molar-refractivity contribution in [3.63, 3.8) is 0 Å². The number of aryl methyl sites for hydroxylation is 1. The van der Waals surface area contributed by atoms with Gasteiger partial charge in [0.05, 0.1) is 5.56 Å². The van der Waals surface area contributed by atoms with Crippen LogP contribution in [0, 0.1) is 19.8 Å². The molecule has 1 amide bonds. The zero-order chi connectivity index (χ0) is 15.7. The summed E-state index contributed by atoms with van der Waals surface area (Å²) < 4.78 is 2.11. The molecule has 1 aliphatic rings. The predicted octanol–water partition coefficient (Wildman–Crippen LogP) is 2.98. The first-order valence-electron chi connectivity index (χ1n) is 7.87. The summed E-state index contributed by atoms with van der Waals surface area (Å²) in [6, 6.07) is 12.2. The molecule has 3 N–H and O–H groups in total. The van der Waals surface area contributed by atoms with Crippen LogP contribution in [0.25, 0.3) is 5.69 Å². The number of hydrogen-bond donors (Lipinski definition) is 2. The van der Waals surface area contributed by atoms with Crippen LogP contribution in [0.1, 0.15) is 34.6 Å². The van der Waals surface area contributed by atoms with Gasteiger partial charge in [0.1, 0.15) is 0 Å². The van der Waals surface area contributed by atoms with Crippen LogP contribution < -0.4 is 11.1 Å². The lowest BCUT2D eigenvalue weighted by Crippen LogP contribution is -2.41. The van der Waals surface area contributed by atoms with Gasteiger partial charge in [-0.2, -0.15) is 0 Å². The number of carbonyl (C=O) groups is 1. The second-order valence-electron chi connectivity index (χ2n) is 6.11. The monoisotopic (exact) mass is 333 g/mol. The fourth-order valence-corrected chi connectivity index (χ4v) is 3.08. The molecule has 3 rings (SSSR count). The quantitative estimate of drug-likeness (QED) is 0.883. The van der Waals surface area contributed by atoms with Gasteiger partial charge >= 0.3 is 0 Å². The molecule has 0 aliphatic heterocycles. The first-order valence-corrected chi connectivity index (χ1v) is 7.87. The Bertz CT molecular complexity index is 677. The van der Waals surface area contributed by atoms with E-state index in [-0.39, 0.29) is 24.4 Å². The molecule has 5 heteroatoms. The average Bonchev–Trinajstić information content (AvgIpc) is 3.31. The zero-order valence-electron chi connectivity index (χ0n) is 13.6. The Kier molecular flexibility index (Phi) is 5.50. The predicted molar refractivity (Wildman–Crippen MR) is 95.5 cm³/mol. The van der Waals surface area contributed by atoms with E-state index in [4.69, 9.17) is 5.73 Å². The Balaban J connectivity index is 0.00000192. The van der Waals surface area contributed by atoms with Crippen LogP contribution in [0.5, 0.6) is 0 Å². The highest BCUT2D eigenvalue weighted by atomic mass is 35.5. The van der Waals surface area contributed by atoms with Crippen LogP contribution in [0.4, 0.5) is 0 Å². The van der Waals surface area contributed by atoms with Crippen LogP contribution in [-0.4, -0.2) is 23.1 Å².